The fourth-order valence-corrected chi connectivity index (χ4v) is 3.75. The zero-order valence-corrected chi connectivity index (χ0v) is 16.9. The number of carbonyl (C=O) groups is 2. The lowest BCUT2D eigenvalue weighted by Crippen LogP contribution is -2.43. The van der Waals surface area contributed by atoms with Crippen LogP contribution in [0.15, 0.2) is 54.6 Å². The Balaban J connectivity index is 1.62. The number of benzene rings is 2. The van der Waals surface area contributed by atoms with Crippen LogP contribution in [-0.2, 0) is 27.2 Å². The summed E-state index contributed by atoms with van der Waals surface area (Å²) in [6.07, 6.45) is 1.95. The fraction of sp³-hybridized carbons (Fsp3) is 0.391. The molecule has 3 unspecified atom stereocenters. The molecule has 0 spiro atoms. The standard InChI is InChI=1S/C23H28N2O4/c1-16(26)24-20(12-18-8-10-21(28)11-9-18)15-29-22-14-23(22,25-17(2)27)13-19-6-4-3-5-7-19/h3-11,20,22,28H,12-15H2,1-2H3,(H,24,26)(H,25,27). The van der Waals surface area contributed by atoms with Gasteiger partial charge in [-0.1, -0.05) is 42.5 Å². The van der Waals surface area contributed by atoms with E-state index in [0.29, 0.717) is 19.4 Å². The minimum absolute atomic E-state index is 0.0745. The number of rotatable bonds is 9. The van der Waals surface area contributed by atoms with Crippen LogP contribution in [0.25, 0.3) is 0 Å². The first-order chi connectivity index (χ1) is 13.9. The van der Waals surface area contributed by atoms with Gasteiger partial charge in [-0.2, -0.15) is 0 Å². The molecule has 3 N–H and O–H groups in total. The second kappa shape index (κ2) is 9.09. The lowest BCUT2D eigenvalue weighted by Gasteiger charge is -2.22. The summed E-state index contributed by atoms with van der Waals surface area (Å²) < 4.78 is 6.12. The minimum atomic E-state index is -0.396. The molecule has 0 heterocycles. The molecule has 1 aliphatic rings. The molecule has 154 valence electrons. The van der Waals surface area contributed by atoms with Gasteiger partial charge in [-0.25, -0.2) is 0 Å². The average molecular weight is 396 g/mol. The number of phenols is 1. The van der Waals surface area contributed by atoms with Crippen molar-refractivity contribution in [3.8, 4) is 5.75 Å². The minimum Gasteiger partial charge on any atom is -0.508 e. The van der Waals surface area contributed by atoms with Gasteiger partial charge in [0.25, 0.3) is 0 Å². The van der Waals surface area contributed by atoms with Crippen LogP contribution >= 0.6 is 0 Å². The smallest absolute Gasteiger partial charge is 0.217 e. The van der Waals surface area contributed by atoms with E-state index in [1.165, 1.54) is 13.8 Å². The summed E-state index contributed by atoms with van der Waals surface area (Å²) in [5.74, 6) is 0.0141. The van der Waals surface area contributed by atoms with Crippen molar-refractivity contribution in [1.29, 1.82) is 0 Å². The monoisotopic (exact) mass is 396 g/mol. The van der Waals surface area contributed by atoms with Crippen molar-refractivity contribution in [3.05, 3.63) is 65.7 Å². The van der Waals surface area contributed by atoms with E-state index in [-0.39, 0.29) is 29.7 Å². The van der Waals surface area contributed by atoms with Crippen LogP contribution in [0.5, 0.6) is 5.75 Å². The van der Waals surface area contributed by atoms with Crippen LogP contribution < -0.4 is 10.6 Å². The summed E-state index contributed by atoms with van der Waals surface area (Å²) >= 11 is 0. The predicted molar refractivity (Wildman–Crippen MR) is 110 cm³/mol. The van der Waals surface area contributed by atoms with E-state index in [9.17, 15) is 14.7 Å². The Hall–Kier alpha value is -2.86. The molecule has 1 saturated carbocycles. The van der Waals surface area contributed by atoms with Gasteiger partial charge >= 0.3 is 0 Å². The quantitative estimate of drug-likeness (QED) is 0.607. The topological polar surface area (TPSA) is 87.7 Å². The van der Waals surface area contributed by atoms with Crippen molar-refractivity contribution in [2.45, 2.75) is 50.8 Å². The molecule has 29 heavy (non-hydrogen) atoms. The molecule has 0 aromatic heterocycles. The Kier molecular flexibility index (Phi) is 6.54. The zero-order valence-electron chi connectivity index (χ0n) is 16.9. The van der Waals surface area contributed by atoms with Gasteiger partial charge in [0.1, 0.15) is 5.75 Å². The van der Waals surface area contributed by atoms with Crippen LogP contribution in [0.4, 0.5) is 0 Å². The molecule has 0 saturated heterocycles. The second-order valence-electron chi connectivity index (χ2n) is 7.79. The molecule has 1 aliphatic carbocycles. The molecule has 6 nitrogen and oxygen atoms in total. The molecule has 0 aliphatic heterocycles. The summed E-state index contributed by atoms with van der Waals surface area (Å²) in [7, 11) is 0. The molecule has 3 rings (SSSR count). The highest BCUT2D eigenvalue weighted by molar-refractivity contribution is 5.75. The SMILES string of the molecule is CC(=O)NC(COC1CC1(Cc1ccccc1)NC(C)=O)Cc1ccc(O)cc1. The Morgan fingerprint density at radius 3 is 2.38 bits per heavy atom. The summed E-state index contributed by atoms with van der Waals surface area (Å²) in [6, 6.07) is 16.8. The van der Waals surface area contributed by atoms with Crippen LogP contribution in [-0.4, -0.2) is 41.2 Å². The summed E-state index contributed by atoms with van der Waals surface area (Å²) in [5, 5.41) is 15.4. The van der Waals surface area contributed by atoms with E-state index in [4.69, 9.17) is 4.74 Å². The van der Waals surface area contributed by atoms with Crippen molar-refractivity contribution in [2.75, 3.05) is 6.61 Å². The van der Waals surface area contributed by atoms with Crippen LogP contribution in [0.3, 0.4) is 0 Å². The molecular weight excluding hydrogens is 368 g/mol. The fourth-order valence-electron chi connectivity index (χ4n) is 3.75. The van der Waals surface area contributed by atoms with Gasteiger partial charge < -0.3 is 20.5 Å². The summed E-state index contributed by atoms with van der Waals surface area (Å²) in [4.78, 5) is 23.4. The molecule has 3 atom stereocenters. The first kappa shape index (κ1) is 20.9. The Bertz CT molecular complexity index is 838. The average Bonchev–Trinajstić information content (AvgIpc) is 3.32. The molecule has 6 heteroatoms. The number of hydrogen-bond acceptors (Lipinski definition) is 4. The number of hydrogen-bond donors (Lipinski definition) is 3. The highest BCUT2D eigenvalue weighted by Crippen LogP contribution is 2.42. The normalized spacial score (nSPS) is 21.2. The lowest BCUT2D eigenvalue weighted by molar-refractivity contribution is -0.120. The van der Waals surface area contributed by atoms with Crippen molar-refractivity contribution in [1.82, 2.24) is 10.6 Å². The number of aromatic hydroxyl groups is 1. The van der Waals surface area contributed by atoms with Crippen molar-refractivity contribution < 1.29 is 19.4 Å². The van der Waals surface area contributed by atoms with E-state index in [1.54, 1.807) is 12.1 Å². The highest BCUT2D eigenvalue weighted by atomic mass is 16.5. The van der Waals surface area contributed by atoms with Gasteiger partial charge in [0.2, 0.25) is 11.8 Å². The molecule has 2 aromatic carbocycles. The van der Waals surface area contributed by atoms with Crippen molar-refractivity contribution in [2.24, 2.45) is 0 Å². The van der Waals surface area contributed by atoms with Crippen LogP contribution in [0.1, 0.15) is 31.4 Å². The summed E-state index contributed by atoms with van der Waals surface area (Å²) in [6.45, 7) is 3.35. The second-order valence-corrected chi connectivity index (χ2v) is 7.79. The maximum absolute atomic E-state index is 11.7. The van der Waals surface area contributed by atoms with Gasteiger partial charge in [0.15, 0.2) is 0 Å². The van der Waals surface area contributed by atoms with Gasteiger partial charge in [0.05, 0.1) is 24.3 Å². The number of nitrogens with one attached hydrogen (secondary N) is 2. The Labute approximate surface area is 171 Å². The summed E-state index contributed by atoms with van der Waals surface area (Å²) in [5.41, 5.74) is 1.75. The van der Waals surface area contributed by atoms with E-state index in [0.717, 1.165) is 17.5 Å². The number of carbonyl (C=O) groups excluding carboxylic acids is 2. The third-order valence-electron chi connectivity index (χ3n) is 5.12. The first-order valence-corrected chi connectivity index (χ1v) is 9.85. The number of amides is 2. The van der Waals surface area contributed by atoms with Gasteiger partial charge in [0, 0.05) is 20.3 Å². The van der Waals surface area contributed by atoms with Crippen LogP contribution in [0.2, 0.25) is 0 Å². The first-order valence-electron chi connectivity index (χ1n) is 9.85. The Morgan fingerprint density at radius 1 is 1.07 bits per heavy atom. The van der Waals surface area contributed by atoms with Crippen molar-refractivity contribution >= 4 is 11.8 Å². The molecule has 0 radical (unpaired) electrons. The molecule has 1 fully saturated rings. The van der Waals surface area contributed by atoms with Gasteiger partial charge in [-0.05, 0) is 36.1 Å². The maximum atomic E-state index is 11.7. The Morgan fingerprint density at radius 2 is 1.76 bits per heavy atom. The predicted octanol–water partition coefficient (Wildman–Crippen LogP) is 2.35. The van der Waals surface area contributed by atoms with E-state index >= 15 is 0 Å². The molecule has 2 amide bonds. The van der Waals surface area contributed by atoms with Gasteiger partial charge in [-0.3, -0.25) is 9.59 Å². The number of ether oxygens (including phenoxy) is 1. The third kappa shape index (κ3) is 6.06. The number of phenolic OH excluding ortho intramolecular Hbond substituents is 1. The van der Waals surface area contributed by atoms with Gasteiger partial charge in [-0.15, -0.1) is 0 Å². The highest BCUT2D eigenvalue weighted by Gasteiger charge is 2.56. The third-order valence-corrected chi connectivity index (χ3v) is 5.12. The van der Waals surface area contributed by atoms with E-state index < -0.39 is 5.54 Å². The molecule has 2 aromatic rings. The molecule has 0 bridgehead atoms. The van der Waals surface area contributed by atoms with E-state index in [2.05, 4.69) is 10.6 Å². The van der Waals surface area contributed by atoms with Crippen molar-refractivity contribution in [3.63, 3.8) is 0 Å². The van der Waals surface area contributed by atoms with E-state index in [1.807, 2.05) is 42.5 Å². The lowest BCUT2D eigenvalue weighted by atomic mass is 10.0. The zero-order chi connectivity index (χ0) is 20.9. The molecular formula is C23H28N2O4. The van der Waals surface area contributed by atoms with Crippen LogP contribution in [0, 0.1) is 0 Å². The largest absolute Gasteiger partial charge is 0.508 e. The maximum Gasteiger partial charge on any atom is 0.217 e.